The highest BCUT2D eigenvalue weighted by molar-refractivity contribution is 5.66. The normalized spacial score (nSPS) is 14.1. The molecule has 1 aromatic rings. The fraction of sp³-hybridized carbons (Fsp3) is 0.645. The van der Waals surface area contributed by atoms with E-state index in [1.54, 1.807) is 0 Å². The zero-order valence-corrected chi connectivity index (χ0v) is 22.6. The number of allylic oxidation sites excluding steroid dienone is 2. The third-order valence-corrected chi connectivity index (χ3v) is 6.72. The molecule has 0 radical (unpaired) electrons. The molecule has 5 nitrogen and oxygen atoms in total. The van der Waals surface area contributed by atoms with E-state index in [0.29, 0.717) is 12.8 Å². The lowest BCUT2D eigenvalue weighted by atomic mass is 9.91. The summed E-state index contributed by atoms with van der Waals surface area (Å²) in [6.07, 6.45) is 15.4. The molecule has 0 heterocycles. The van der Waals surface area contributed by atoms with Gasteiger partial charge in [0.05, 0.1) is 18.8 Å². The van der Waals surface area contributed by atoms with Crippen molar-refractivity contribution in [2.45, 2.75) is 122 Å². The summed E-state index contributed by atoms with van der Waals surface area (Å²) < 4.78 is 0. The van der Waals surface area contributed by atoms with Gasteiger partial charge in [-0.1, -0.05) is 94.4 Å². The molecule has 0 aliphatic rings. The summed E-state index contributed by atoms with van der Waals surface area (Å²) in [4.78, 5) is 10.7. The summed E-state index contributed by atoms with van der Waals surface area (Å²) in [7, 11) is 0. The molecule has 2 atom stereocenters. The van der Waals surface area contributed by atoms with Crippen LogP contribution in [-0.2, 0) is 17.6 Å². The second kappa shape index (κ2) is 20.1. The minimum Gasteiger partial charge on any atom is -0.481 e. The molecule has 1 aromatic carbocycles. The number of carbonyl (C=O) groups is 1. The van der Waals surface area contributed by atoms with Crippen LogP contribution in [0.15, 0.2) is 47.6 Å². The minimum absolute atomic E-state index is 0.225. The van der Waals surface area contributed by atoms with Gasteiger partial charge in [0.1, 0.15) is 0 Å². The molecule has 0 unspecified atom stereocenters. The predicted molar refractivity (Wildman–Crippen MR) is 148 cm³/mol. The first-order valence-corrected chi connectivity index (χ1v) is 14.0. The van der Waals surface area contributed by atoms with Crippen molar-refractivity contribution in [2.24, 2.45) is 0 Å². The maximum atomic E-state index is 10.7. The number of aliphatic hydroxyl groups is 3. The van der Waals surface area contributed by atoms with E-state index in [2.05, 4.69) is 38.1 Å². The summed E-state index contributed by atoms with van der Waals surface area (Å²) in [5.74, 6) is -0.740. The second-order valence-electron chi connectivity index (χ2n) is 9.93. The largest absolute Gasteiger partial charge is 0.481 e. The smallest absolute Gasteiger partial charge is 0.303 e. The van der Waals surface area contributed by atoms with Gasteiger partial charge in [-0.05, 0) is 68.1 Å². The standard InChI is InChI=1S/C31H50O5/c1-3-5-9-16-29(33)21-20-27(19-18-26-14-12-13-25(4-2)22-26)28(23-30(34)24-32)15-10-7-6-8-11-17-31(35)36/h12-14,20-22,29-30,32-34H,3-11,15-19,23-24H2,1-2H3,(H,35,36)/b21-20+,28-27-/t29-,30-/m0/s1. The minimum atomic E-state index is -0.795. The Balaban J connectivity index is 2.97. The molecule has 36 heavy (non-hydrogen) atoms. The fourth-order valence-corrected chi connectivity index (χ4v) is 4.48. The van der Waals surface area contributed by atoms with Crippen molar-refractivity contribution in [2.75, 3.05) is 6.61 Å². The van der Waals surface area contributed by atoms with E-state index in [9.17, 15) is 20.1 Å². The first kappa shape index (κ1) is 32.1. The number of benzene rings is 1. The molecule has 0 saturated carbocycles. The molecule has 0 amide bonds. The van der Waals surface area contributed by atoms with E-state index in [1.165, 1.54) is 11.1 Å². The molecular weight excluding hydrogens is 452 g/mol. The van der Waals surface area contributed by atoms with E-state index in [-0.39, 0.29) is 13.0 Å². The zero-order valence-electron chi connectivity index (χ0n) is 22.6. The Morgan fingerprint density at radius 3 is 2.28 bits per heavy atom. The first-order valence-electron chi connectivity index (χ1n) is 14.0. The third kappa shape index (κ3) is 15.2. The molecule has 0 aliphatic heterocycles. The van der Waals surface area contributed by atoms with Gasteiger partial charge in [0, 0.05) is 6.42 Å². The highest BCUT2D eigenvalue weighted by Crippen LogP contribution is 2.25. The maximum absolute atomic E-state index is 10.7. The van der Waals surface area contributed by atoms with Gasteiger partial charge >= 0.3 is 5.97 Å². The number of aliphatic hydroxyl groups excluding tert-OH is 3. The van der Waals surface area contributed by atoms with Gasteiger partial charge in [0.2, 0.25) is 0 Å². The Morgan fingerprint density at radius 1 is 0.917 bits per heavy atom. The average Bonchev–Trinajstić information content (AvgIpc) is 2.87. The summed E-state index contributed by atoms with van der Waals surface area (Å²) in [5.41, 5.74) is 4.89. The molecule has 0 aromatic heterocycles. The second-order valence-corrected chi connectivity index (χ2v) is 9.93. The van der Waals surface area contributed by atoms with Gasteiger partial charge < -0.3 is 20.4 Å². The van der Waals surface area contributed by atoms with Crippen molar-refractivity contribution in [1.82, 2.24) is 0 Å². The SMILES string of the molecule is CCCCC[C@H](O)/C=C/C(CCc1cccc(CC)c1)=C(/CCCCCCCC(=O)O)C[C@H](O)CO. The van der Waals surface area contributed by atoms with E-state index < -0.39 is 18.2 Å². The lowest BCUT2D eigenvalue weighted by Crippen LogP contribution is -2.14. The van der Waals surface area contributed by atoms with Crippen LogP contribution < -0.4 is 0 Å². The van der Waals surface area contributed by atoms with Gasteiger partial charge in [-0.3, -0.25) is 4.79 Å². The van der Waals surface area contributed by atoms with Crippen molar-refractivity contribution in [1.29, 1.82) is 0 Å². The molecule has 1 rings (SSSR count). The fourth-order valence-electron chi connectivity index (χ4n) is 4.48. The number of rotatable bonds is 21. The van der Waals surface area contributed by atoms with Crippen LogP contribution in [0.4, 0.5) is 0 Å². The average molecular weight is 503 g/mol. The van der Waals surface area contributed by atoms with Crippen LogP contribution in [0.3, 0.4) is 0 Å². The monoisotopic (exact) mass is 502 g/mol. The summed E-state index contributed by atoms with van der Waals surface area (Å²) in [5, 5.41) is 39.0. The summed E-state index contributed by atoms with van der Waals surface area (Å²) >= 11 is 0. The highest BCUT2D eigenvalue weighted by atomic mass is 16.4. The molecule has 0 saturated heterocycles. The van der Waals surface area contributed by atoms with Crippen molar-refractivity contribution < 1.29 is 25.2 Å². The number of aryl methyl sites for hydroxylation is 2. The Bertz CT molecular complexity index is 783. The molecule has 0 spiro atoms. The van der Waals surface area contributed by atoms with Crippen molar-refractivity contribution in [3.8, 4) is 0 Å². The first-order chi connectivity index (χ1) is 17.4. The molecule has 5 heteroatoms. The third-order valence-electron chi connectivity index (χ3n) is 6.72. The number of hydrogen-bond acceptors (Lipinski definition) is 4. The van der Waals surface area contributed by atoms with Crippen LogP contribution in [0.1, 0.15) is 108 Å². The summed E-state index contributed by atoms with van der Waals surface area (Å²) in [6.45, 7) is 4.04. The molecular formula is C31H50O5. The predicted octanol–water partition coefficient (Wildman–Crippen LogP) is 6.53. The molecule has 4 N–H and O–H groups in total. The van der Waals surface area contributed by atoms with Crippen molar-refractivity contribution in [3.63, 3.8) is 0 Å². The van der Waals surface area contributed by atoms with Crippen LogP contribution in [-0.4, -0.2) is 45.2 Å². The Morgan fingerprint density at radius 2 is 1.61 bits per heavy atom. The topological polar surface area (TPSA) is 98.0 Å². The molecule has 204 valence electrons. The van der Waals surface area contributed by atoms with E-state index >= 15 is 0 Å². The molecule has 0 aliphatic carbocycles. The molecule has 0 fully saturated rings. The maximum Gasteiger partial charge on any atom is 0.303 e. The van der Waals surface area contributed by atoms with Gasteiger partial charge in [0.15, 0.2) is 0 Å². The van der Waals surface area contributed by atoms with Crippen LogP contribution in [0.2, 0.25) is 0 Å². The Labute approximate surface area is 219 Å². The zero-order chi connectivity index (χ0) is 26.6. The van der Waals surface area contributed by atoms with Gasteiger partial charge in [-0.15, -0.1) is 0 Å². The highest BCUT2D eigenvalue weighted by Gasteiger charge is 2.12. The number of hydrogen-bond donors (Lipinski definition) is 4. The van der Waals surface area contributed by atoms with Gasteiger partial charge in [-0.2, -0.15) is 0 Å². The van der Waals surface area contributed by atoms with Crippen LogP contribution in [0, 0.1) is 0 Å². The van der Waals surface area contributed by atoms with Gasteiger partial charge in [0.25, 0.3) is 0 Å². The Kier molecular flexibility index (Phi) is 18.0. The van der Waals surface area contributed by atoms with E-state index in [0.717, 1.165) is 88.2 Å². The lowest BCUT2D eigenvalue weighted by molar-refractivity contribution is -0.137. The Hall–Kier alpha value is -1.95. The van der Waals surface area contributed by atoms with Crippen molar-refractivity contribution in [3.05, 3.63) is 58.7 Å². The lowest BCUT2D eigenvalue weighted by Gasteiger charge is -2.17. The number of aliphatic carboxylic acids is 1. The van der Waals surface area contributed by atoms with Gasteiger partial charge in [-0.25, -0.2) is 0 Å². The summed E-state index contributed by atoms with van der Waals surface area (Å²) in [6, 6.07) is 8.65. The number of carboxylic acid groups (broad SMARTS) is 1. The van der Waals surface area contributed by atoms with Crippen molar-refractivity contribution >= 4 is 5.97 Å². The van der Waals surface area contributed by atoms with Crippen LogP contribution >= 0.6 is 0 Å². The number of carboxylic acids is 1. The molecule has 0 bridgehead atoms. The van der Waals surface area contributed by atoms with Crippen LogP contribution in [0.25, 0.3) is 0 Å². The van der Waals surface area contributed by atoms with Crippen LogP contribution in [0.5, 0.6) is 0 Å². The van der Waals surface area contributed by atoms with E-state index in [1.807, 2.05) is 12.2 Å². The number of unbranched alkanes of at least 4 members (excludes halogenated alkanes) is 6. The quantitative estimate of drug-likeness (QED) is 0.113. The van der Waals surface area contributed by atoms with E-state index in [4.69, 9.17) is 5.11 Å².